The van der Waals surface area contributed by atoms with Crippen molar-refractivity contribution in [1.82, 2.24) is 9.97 Å². The minimum atomic E-state index is -0.135. The Balaban J connectivity index is 2.12. The number of nitrogens with one attached hydrogen (secondary N) is 1. The Bertz CT molecular complexity index is 356. The predicted molar refractivity (Wildman–Crippen MR) is 61.8 cm³/mol. The van der Waals surface area contributed by atoms with Gasteiger partial charge >= 0.3 is 0 Å². The third-order valence-corrected chi connectivity index (χ3v) is 3.28. The second-order valence-electron chi connectivity index (χ2n) is 4.16. The lowest BCUT2D eigenvalue weighted by Gasteiger charge is -2.27. The molecule has 0 saturated carbocycles. The van der Waals surface area contributed by atoms with Crippen molar-refractivity contribution in [1.29, 1.82) is 0 Å². The van der Waals surface area contributed by atoms with Crippen LogP contribution in [0.15, 0.2) is 17.0 Å². The van der Waals surface area contributed by atoms with E-state index in [1.165, 1.54) is 6.33 Å². The fourth-order valence-electron chi connectivity index (χ4n) is 1.72. The number of hydrogen-bond donors (Lipinski definition) is 1. The van der Waals surface area contributed by atoms with Gasteiger partial charge in [0.15, 0.2) is 0 Å². The molecule has 1 aromatic rings. The van der Waals surface area contributed by atoms with Gasteiger partial charge < -0.3 is 10.1 Å². The average molecular weight is 272 g/mol. The lowest BCUT2D eigenvalue weighted by molar-refractivity contribution is 0.0314. The lowest BCUT2D eigenvalue weighted by atomic mass is 9.99. The van der Waals surface area contributed by atoms with Crippen molar-refractivity contribution in [3.63, 3.8) is 0 Å². The molecule has 0 radical (unpaired) electrons. The molecule has 0 aromatic carbocycles. The highest BCUT2D eigenvalue weighted by Crippen LogP contribution is 2.29. The molecule has 1 unspecified atom stereocenters. The molecule has 0 spiro atoms. The molecular formula is C10H14BrN3O. The van der Waals surface area contributed by atoms with E-state index in [-0.39, 0.29) is 5.60 Å². The van der Waals surface area contributed by atoms with Gasteiger partial charge in [0.1, 0.15) is 12.1 Å². The van der Waals surface area contributed by atoms with E-state index in [0.717, 1.165) is 23.3 Å². The van der Waals surface area contributed by atoms with Gasteiger partial charge in [-0.3, -0.25) is 0 Å². The SMILES string of the molecule is CC1(C)OCCC1Nc1ncncc1Br. The van der Waals surface area contributed by atoms with Crippen molar-refractivity contribution in [2.24, 2.45) is 0 Å². The first-order valence-corrected chi connectivity index (χ1v) is 5.75. The van der Waals surface area contributed by atoms with E-state index in [2.05, 4.69) is 45.1 Å². The molecule has 15 heavy (non-hydrogen) atoms. The first kappa shape index (κ1) is 10.8. The third kappa shape index (κ3) is 2.29. The first-order valence-electron chi connectivity index (χ1n) is 4.95. The van der Waals surface area contributed by atoms with E-state index in [1.807, 2.05) is 0 Å². The monoisotopic (exact) mass is 271 g/mol. The Morgan fingerprint density at radius 3 is 3.00 bits per heavy atom. The summed E-state index contributed by atoms with van der Waals surface area (Å²) in [5, 5.41) is 3.38. The van der Waals surface area contributed by atoms with Crippen LogP contribution in [0.3, 0.4) is 0 Å². The second-order valence-corrected chi connectivity index (χ2v) is 5.01. The minimum Gasteiger partial charge on any atom is -0.373 e. The molecule has 2 heterocycles. The van der Waals surface area contributed by atoms with Crippen LogP contribution in [-0.2, 0) is 4.74 Å². The van der Waals surface area contributed by atoms with E-state index in [1.54, 1.807) is 6.20 Å². The predicted octanol–water partition coefficient (Wildman–Crippen LogP) is 2.22. The molecule has 0 bridgehead atoms. The smallest absolute Gasteiger partial charge is 0.144 e. The van der Waals surface area contributed by atoms with Crippen LogP contribution in [0.2, 0.25) is 0 Å². The Labute approximate surface area is 97.6 Å². The number of ether oxygens (including phenoxy) is 1. The highest BCUT2D eigenvalue weighted by molar-refractivity contribution is 9.10. The van der Waals surface area contributed by atoms with Gasteiger partial charge in [0, 0.05) is 12.8 Å². The van der Waals surface area contributed by atoms with Gasteiger partial charge in [-0.05, 0) is 36.2 Å². The molecule has 1 aromatic heterocycles. The zero-order chi connectivity index (χ0) is 10.9. The summed E-state index contributed by atoms with van der Waals surface area (Å²) in [5.41, 5.74) is -0.135. The molecule has 1 N–H and O–H groups in total. The molecule has 1 aliphatic heterocycles. The van der Waals surface area contributed by atoms with Crippen molar-refractivity contribution >= 4 is 21.7 Å². The number of halogens is 1. The van der Waals surface area contributed by atoms with Gasteiger partial charge in [0.2, 0.25) is 0 Å². The van der Waals surface area contributed by atoms with Crippen molar-refractivity contribution in [3.8, 4) is 0 Å². The average Bonchev–Trinajstić information content (AvgIpc) is 2.50. The van der Waals surface area contributed by atoms with Crippen molar-refractivity contribution in [2.45, 2.75) is 31.9 Å². The summed E-state index contributed by atoms with van der Waals surface area (Å²) in [6, 6.07) is 0.295. The summed E-state index contributed by atoms with van der Waals surface area (Å²) >= 11 is 3.41. The zero-order valence-electron chi connectivity index (χ0n) is 8.83. The normalized spacial score (nSPS) is 24.1. The maximum Gasteiger partial charge on any atom is 0.144 e. The van der Waals surface area contributed by atoms with Crippen LogP contribution in [0.5, 0.6) is 0 Å². The van der Waals surface area contributed by atoms with Gasteiger partial charge in [-0.2, -0.15) is 0 Å². The van der Waals surface area contributed by atoms with Gasteiger partial charge in [0.25, 0.3) is 0 Å². The topological polar surface area (TPSA) is 47.0 Å². The molecule has 1 atom stereocenters. The van der Waals surface area contributed by atoms with Crippen LogP contribution in [0, 0.1) is 0 Å². The number of rotatable bonds is 2. The van der Waals surface area contributed by atoms with E-state index in [0.29, 0.717) is 6.04 Å². The molecule has 4 nitrogen and oxygen atoms in total. The second kappa shape index (κ2) is 4.06. The third-order valence-electron chi connectivity index (χ3n) is 2.70. The van der Waals surface area contributed by atoms with Crippen molar-refractivity contribution in [2.75, 3.05) is 11.9 Å². The summed E-state index contributed by atoms with van der Waals surface area (Å²) < 4.78 is 6.53. The van der Waals surface area contributed by atoms with Crippen molar-refractivity contribution in [3.05, 3.63) is 17.0 Å². The highest BCUT2D eigenvalue weighted by Gasteiger charge is 2.36. The van der Waals surface area contributed by atoms with Crippen LogP contribution in [0.1, 0.15) is 20.3 Å². The largest absolute Gasteiger partial charge is 0.373 e. The van der Waals surface area contributed by atoms with Crippen LogP contribution in [-0.4, -0.2) is 28.2 Å². The maximum absolute atomic E-state index is 5.64. The minimum absolute atomic E-state index is 0.135. The molecule has 1 fully saturated rings. The Hall–Kier alpha value is -0.680. The van der Waals surface area contributed by atoms with E-state index in [9.17, 15) is 0 Å². The summed E-state index contributed by atoms with van der Waals surface area (Å²) in [6.07, 6.45) is 4.28. The lowest BCUT2D eigenvalue weighted by Crippen LogP contribution is -2.38. The zero-order valence-corrected chi connectivity index (χ0v) is 10.4. The molecule has 1 saturated heterocycles. The molecular weight excluding hydrogens is 258 g/mol. The van der Waals surface area contributed by atoms with Crippen LogP contribution >= 0.6 is 15.9 Å². The molecule has 2 rings (SSSR count). The Morgan fingerprint density at radius 1 is 1.60 bits per heavy atom. The molecule has 1 aliphatic rings. The quantitative estimate of drug-likeness (QED) is 0.896. The summed E-state index contributed by atoms with van der Waals surface area (Å²) in [6.45, 7) is 4.98. The Kier molecular flexibility index (Phi) is 2.93. The number of aromatic nitrogens is 2. The molecule has 0 aliphatic carbocycles. The van der Waals surface area contributed by atoms with Crippen LogP contribution < -0.4 is 5.32 Å². The molecule has 0 amide bonds. The van der Waals surface area contributed by atoms with Gasteiger partial charge in [-0.15, -0.1) is 0 Å². The number of anilines is 1. The standard InChI is InChI=1S/C10H14BrN3O/c1-10(2)8(3-4-15-10)14-9-7(11)5-12-6-13-9/h5-6,8H,3-4H2,1-2H3,(H,12,13,14). The van der Waals surface area contributed by atoms with Gasteiger partial charge in [0.05, 0.1) is 16.1 Å². The summed E-state index contributed by atoms with van der Waals surface area (Å²) in [5.74, 6) is 0.827. The van der Waals surface area contributed by atoms with Gasteiger partial charge in [-0.25, -0.2) is 9.97 Å². The highest BCUT2D eigenvalue weighted by atomic mass is 79.9. The maximum atomic E-state index is 5.64. The van der Waals surface area contributed by atoms with Gasteiger partial charge in [-0.1, -0.05) is 0 Å². The van der Waals surface area contributed by atoms with Crippen LogP contribution in [0.4, 0.5) is 5.82 Å². The molecule has 82 valence electrons. The number of hydrogen-bond acceptors (Lipinski definition) is 4. The fraction of sp³-hybridized carbons (Fsp3) is 0.600. The van der Waals surface area contributed by atoms with Crippen molar-refractivity contribution < 1.29 is 4.74 Å². The molecule has 5 heteroatoms. The van der Waals surface area contributed by atoms with E-state index in [4.69, 9.17) is 4.74 Å². The Morgan fingerprint density at radius 2 is 2.40 bits per heavy atom. The fourth-order valence-corrected chi connectivity index (χ4v) is 2.05. The first-order chi connectivity index (χ1) is 7.09. The van der Waals surface area contributed by atoms with Crippen LogP contribution in [0.25, 0.3) is 0 Å². The summed E-state index contributed by atoms with van der Waals surface area (Å²) in [7, 11) is 0. The summed E-state index contributed by atoms with van der Waals surface area (Å²) in [4.78, 5) is 8.11. The van der Waals surface area contributed by atoms with E-state index >= 15 is 0 Å². The number of nitrogens with zero attached hydrogens (tertiary/aromatic N) is 2. The van der Waals surface area contributed by atoms with E-state index < -0.39 is 0 Å².